The number of aromatic amines is 1. The van der Waals surface area contributed by atoms with E-state index in [1.54, 1.807) is 24.3 Å². The van der Waals surface area contributed by atoms with Gasteiger partial charge in [-0.2, -0.15) is 0 Å². The fraction of sp³-hybridized carbons (Fsp3) is 0.167. The van der Waals surface area contributed by atoms with E-state index in [1.807, 2.05) is 128 Å². The Morgan fingerprint density at radius 3 is 1.76 bits per heavy atom. The number of aromatic nitrogens is 1. The maximum Gasteiger partial charge on any atom is 0.251 e. The minimum absolute atomic E-state index is 0.0692. The maximum atomic E-state index is 14.2. The first-order valence-electron chi connectivity index (χ1n) is 16.7. The summed E-state index contributed by atoms with van der Waals surface area (Å²) in [4.78, 5) is 44.8. The van der Waals surface area contributed by atoms with Crippen molar-refractivity contribution >= 4 is 28.6 Å². The van der Waals surface area contributed by atoms with Gasteiger partial charge in [-0.05, 0) is 40.5 Å². The number of para-hydroxylation sites is 1. The zero-order valence-electron chi connectivity index (χ0n) is 27.8. The summed E-state index contributed by atoms with van der Waals surface area (Å²) >= 11 is 0. The number of nitrogens with one attached hydrogen (secondary N) is 4. The van der Waals surface area contributed by atoms with Crippen LogP contribution < -0.4 is 16.0 Å². The number of fused-ring (bicyclic) bond motifs is 1. The van der Waals surface area contributed by atoms with E-state index in [0.717, 1.165) is 33.2 Å². The molecule has 0 saturated carbocycles. The summed E-state index contributed by atoms with van der Waals surface area (Å²) in [7, 11) is 1.53. The van der Waals surface area contributed by atoms with Gasteiger partial charge < -0.3 is 25.7 Å². The van der Waals surface area contributed by atoms with Crippen molar-refractivity contribution in [1.29, 1.82) is 0 Å². The molecule has 0 spiro atoms. The van der Waals surface area contributed by atoms with Gasteiger partial charge in [0.15, 0.2) is 0 Å². The Morgan fingerprint density at radius 2 is 1.20 bits per heavy atom. The molecule has 4 N–H and O–H groups in total. The third-order valence-electron chi connectivity index (χ3n) is 8.85. The van der Waals surface area contributed by atoms with Crippen molar-refractivity contribution in [3.63, 3.8) is 0 Å². The molecule has 252 valence electrons. The smallest absolute Gasteiger partial charge is 0.251 e. The van der Waals surface area contributed by atoms with Crippen molar-refractivity contribution < 1.29 is 19.1 Å². The molecule has 0 fully saturated rings. The van der Waals surface area contributed by atoms with Gasteiger partial charge >= 0.3 is 0 Å². The van der Waals surface area contributed by atoms with Crippen LogP contribution in [0.25, 0.3) is 10.9 Å². The van der Waals surface area contributed by atoms with Crippen molar-refractivity contribution in [3.05, 3.63) is 180 Å². The highest BCUT2D eigenvalue weighted by molar-refractivity contribution is 5.98. The minimum Gasteiger partial charge on any atom is -0.383 e. The lowest BCUT2D eigenvalue weighted by atomic mass is 9.77. The number of carbonyl (C=O) groups excluding carboxylic acids is 3. The van der Waals surface area contributed by atoms with Gasteiger partial charge in [-0.15, -0.1) is 0 Å². The highest BCUT2D eigenvalue weighted by atomic mass is 16.5. The maximum absolute atomic E-state index is 14.2. The van der Waals surface area contributed by atoms with Crippen molar-refractivity contribution in [1.82, 2.24) is 20.9 Å². The van der Waals surface area contributed by atoms with E-state index in [0.29, 0.717) is 5.56 Å². The molecule has 1 heterocycles. The standard InChI is InChI=1S/C42H40N4O4/c1-50-29-35(27-39(47)46-42(32-18-8-3-9-19-32,33-20-10-4-11-21-33)34-22-12-5-13-23-34)44-41(49)38(45-40(48)30-16-6-2-7-17-30)26-31-28-43-37-25-15-14-24-36(31)37/h2-25,28,35,38,43H,26-27,29H2,1H3,(H,44,49)(H,45,48)(H,46,47)/t35-,38-/m0/s1. The lowest BCUT2D eigenvalue weighted by molar-refractivity contribution is -0.126. The van der Waals surface area contributed by atoms with Crippen molar-refractivity contribution in [3.8, 4) is 0 Å². The lowest BCUT2D eigenvalue weighted by Crippen LogP contribution is -2.54. The zero-order chi connectivity index (χ0) is 34.8. The second-order valence-corrected chi connectivity index (χ2v) is 12.2. The monoisotopic (exact) mass is 664 g/mol. The number of ether oxygens (including phenoxy) is 1. The molecule has 1 aromatic heterocycles. The quantitative estimate of drug-likeness (QED) is 0.105. The molecule has 0 bridgehead atoms. The number of rotatable bonds is 14. The van der Waals surface area contributed by atoms with Gasteiger partial charge in [-0.1, -0.05) is 127 Å². The summed E-state index contributed by atoms with van der Waals surface area (Å²) in [5.74, 6) is -1.08. The summed E-state index contributed by atoms with van der Waals surface area (Å²) in [6.07, 6.45) is 2.02. The normalized spacial score (nSPS) is 12.5. The zero-order valence-corrected chi connectivity index (χ0v) is 27.8. The van der Waals surface area contributed by atoms with Crippen LogP contribution in [0.1, 0.15) is 39.0 Å². The van der Waals surface area contributed by atoms with E-state index in [9.17, 15) is 14.4 Å². The molecular weight excluding hydrogens is 624 g/mol. The fourth-order valence-electron chi connectivity index (χ4n) is 6.48. The molecule has 0 saturated heterocycles. The Bertz CT molecular complexity index is 1920. The predicted octanol–water partition coefficient (Wildman–Crippen LogP) is 6.14. The van der Waals surface area contributed by atoms with Gasteiger partial charge in [0.05, 0.1) is 12.6 Å². The van der Waals surface area contributed by atoms with E-state index in [4.69, 9.17) is 4.74 Å². The molecular formula is C42H40N4O4. The number of carbonyl (C=O) groups is 3. The first kappa shape index (κ1) is 33.9. The van der Waals surface area contributed by atoms with Gasteiger partial charge in [-0.3, -0.25) is 14.4 Å². The second kappa shape index (κ2) is 15.9. The summed E-state index contributed by atoms with van der Waals surface area (Å²) in [6, 6.07) is 44.5. The Morgan fingerprint density at radius 1 is 0.680 bits per heavy atom. The molecule has 8 nitrogen and oxygen atoms in total. The lowest BCUT2D eigenvalue weighted by Gasteiger charge is -2.37. The number of amides is 3. The SMILES string of the molecule is COC[C@H](CC(=O)NC(c1ccccc1)(c1ccccc1)c1ccccc1)NC(=O)[C@H](Cc1c[nH]c2ccccc12)NC(=O)c1ccccc1. The molecule has 0 radical (unpaired) electrons. The summed E-state index contributed by atoms with van der Waals surface area (Å²) in [5, 5.41) is 10.3. The van der Waals surface area contributed by atoms with Crippen LogP contribution in [0.2, 0.25) is 0 Å². The van der Waals surface area contributed by atoms with Crippen LogP contribution in [0.15, 0.2) is 152 Å². The van der Waals surface area contributed by atoms with E-state index in [-0.39, 0.29) is 31.3 Å². The molecule has 5 aromatic carbocycles. The van der Waals surface area contributed by atoms with Crippen LogP contribution in [0.5, 0.6) is 0 Å². The summed E-state index contributed by atoms with van der Waals surface area (Å²) < 4.78 is 5.50. The first-order valence-corrected chi connectivity index (χ1v) is 16.7. The largest absolute Gasteiger partial charge is 0.383 e. The predicted molar refractivity (Wildman–Crippen MR) is 195 cm³/mol. The van der Waals surface area contributed by atoms with E-state index in [2.05, 4.69) is 20.9 Å². The Balaban J connectivity index is 1.27. The molecule has 0 aliphatic heterocycles. The molecule has 50 heavy (non-hydrogen) atoms. The first-order chi connectivity index (χ1) is 24.5. The average Bonchev–Trinajstić information content (AvgIpc) is 3.57. The minimum atomic E-state index is -1.01. The second-order valence-electron chi connectivity index (χ2n) is 12.2. The van der Waals surface area contributed by atoms with Crippen LogP contribution in [0.3, 0.4) is 0 Å². The summed E-state index contributed by atoms with van der Waals surface area (Å²) in [5.41, 5.74) is 3.92. The van der Waals surface area contributed by atoms with Gasteiger partial charge in [0.2, 0.25) is 11.8 Å². The van der Waals surface area contributed by atoms with Crippen molar-refractivity contribution in [2.75, 3.05) is 13.7 Å². The van der Waals surface area contributed by atoms with E-state index < -0.39 is 23.5 Å². The van der Waals surface area contributed by atoms with E-state index in [1.165, 1.54) is 7.11 Å². The third kappa shape index (κ3) is 7.66. The van der Waals surface area contributed by atoms with Crippen molar-refractivity contribution in [2.24, 2.45) is 0 Å². The number of hydrogen-bond donors (Lipinski definition) is 4. The molecule has 3 amide bonds. The molecule has 0 aliphatic rings. The molecule has 0 aliphatic carbocycles. The topological polar surface area (TPSA) is 112 Å². The van der Waals surface area contributed by atoms with Crippen LogP contribution in [0.4, 0.5) is 0 Å². The summed E-state index contributed by atoms with van der Waals surface area (Å²) in [6.45, 7) is 0.0839. The molecule has 6 aromatic rings. The average molecular weight is 665 g/mol. The third-order valence-corrected chi connectivity index (χ3v) is 8.85. The van der Waals surface area contributed by atoms with Crippen LogP contribution in [-0.2, 0) is 26.3 Å². The van der Waals surface area contributed by atoms with Gasteiger partial charge in [0, 0.05) is 42.6 Å². The fourth-order valence-corrected chi connectivity index (χ4v) is 6.48. The van der Waals surface area contributed by atoms with E-state index >= 15 is 0 Å². The Labute approximate surface area is 291 Å². The highest BCUT2D eigenvalue weighted by Crippen LogP contribution is 2.37. The number of H-pyrrole nitrogens is 1. The molecule has 2 atom stereocenters. The van der Waals surface area contributed by atoms with Crippen LogP contribution in [0, 0.1) is 0 Å². The van der Waals surface area contributed by atoms with Crippen LogP contribution >= 0.6 is 0 Å². The number of benzene rings is 5. The highest BCUT2D eigenvalue weighted by Gasteiger charge is 2.38. The van der Waals surface area contributed by atoms with Crippen molar-refractivity contribution in [2.45, 2.75) is 30.5 Å². The molecule has 8 heteroatoms. The number of methoxy groups -OCH3 is 1. The Kier molecular flexibility index (Phi) is 10.8. The number of hydrogen-bond acceptors (Lipinski definition) is 4. The Hall–Kier alpha value is -5.99. The van der Waals surface area contributed by atoms with Gasteiger partial charge in [-0.25, -0.2) is 0 Å². The van der Waals surface area contributed by atoms with Crippen LogP contribution in [-0.4, -0.2) is 48.5 Å². The molecule has 6 rings (SSSR count). The van der Waals surface area contributed by atoms with Gasteiger partial charge in [0.1, 0.15) is 11.6 Å². The van der Waals surface area contributed by atoms with Gasteiger partial charge in [0.25, 0.3) is 5.91 Å². The molecule has 0 unspecified atom stereocenters.